The van der Waals surface area contributed by atoms with Crippen molar-refractivity contribution < 1.29 is 0 Å². The van der Waals surface area contributed by atoms with E-state index in [0.29, 0.717) is 5.41 Å². The molecule has 2 rings (SSSR count). The number of aryl methyl sites for hydroxylation is 1. The van der Waals surface area contributed by atoms with Crippen molar-refractivity contribution in [1.82, 2.24) is 4.90 Å². The van der Waals surface area contributed by atoms with E-state index < -0.39 is 0 Å². The number of hydrogen-bond acceptors (Lipinski definition) is 1. The second-order valence-electron chi connectivity index (χ2n) is 5.46. The van der Waals surface area contributed by atoms with Gasteiger partial charge in [0.15, 0.2) is 0 Å². The van der Waals surface area contributed by atoms with Crippen LogP contribution in [0.25, 0.3) is 0 Å². The molecular formula is C18H31N. The largest absolute Gasteiger partial charge is 0.303 e. The highest BCUT2D eigenvalue weighted by Crippen LogP contribution is 2.44. The molecule has 0 radical (unpaired) electrons. The first kappa shape index (κ1) is 16.2. The van der Waals surface area contributed by atoms with Crippen LogP contribution in [0.5, 0.6) is 0 Å². The summed E-state index contributed by atoms with van der Waals surface area (Å²) in [6.07, 6.45) is 4.13. The highest BCUT2D eigenvalue weighted by Gasteiger charge is 2.39. The summed E-state index contributed by atoms with van der Waals surface area (Å²) in [5.41, 5.74) is 3.38. The molecule has 1 saturated carbocycles. The first-order valence-electron chi connectivity index (χ1n) is 7.99. The van der Waals surface area contributed by atoms with Gasteiger partial charge in [-0.1, -0.05) is 63.9 Å². The summed E-state index contributed by atoms with van der Waals surface area (Å²) in [5.74, 6) is 0. The SMILES string of the molecule is CC.CCN(CC)CC1(c2ccc(C)cc2)CCC1. The average Bonchev–Trinajstić information content (AvgIpc) is 2.42. The molecule has 0 aromatic heterocycles. The normalized spacial score (nSPS) is 16.5. The summed E-state index contributed by atoms with van der Waals surface area (Å²) in [6.45, 7) is 14.3. The van der Waals surface area contributed by atoms with Crippen LogP contribution in [0.2, 0.25) is 0 Å². The van der Waals surface area contributed by atoms with Gasteiger partial charge in [0.05, 0.1) is 0 Å². The Morgan fingerprint density at radius 2 is 1.53 bits per heavy atom. The molecule has 19 heavy (non-hydrogen) atoms. The van der Waals surface area contributed by atoms with Crippen LogP contribution in [0.3, 0.4) is 0 Å². The summed E-state index contributed by atoms with van der Waals surface area (Å²) in [6, 6.07) is 9.21. The maximum Gasteiger partial charge on any atom is 0.00803 e. The molecule has 1 aliphatic carbocycles. The Balaban J connectivity index is 0.000000861. The molecule has 0 unspecified atom stereocenters. The van der Waals surface area contributed by atoms with Crippen molar-refractivity contribution >= 4 is 0 Å². The van der Waals surface area contributed by atoms with E-state index >= 15 is 0 Å². The molecule has 0 bridgehead atoms. The molecule has 108 valence electrons. The molecule has 0 atom stereocenters. The number of likely N-dealkylation sites (N-methyl/N-ethyl adjacent to an activating group) is 1. The molecule has 0 N–H and O–H groups in total. The zero-order valence-corrected chi connectivity index (χ0v) is 13.5. The van der Waals surface area contributed by atoms with Crippen LogP contribution in [0.1, 0.15) is 58.1 Å². The van der Waals surface area contributed by atoms with Crippen LogP contribution in [0, 0.1) is 6.92 Å². The fourth-order valence-electron chi connectivity index (χ4n) is 2.92. The molecule has 0 heterocycles. The minimum Gasteiger partial charge on any atom is -0.303 e. The van der Waals surface area contributed by atoms with Crippen LogP contribution in [-0.2, 0) is 5.41 Å². The smallest absolute Gasteiger partial charge is 0.00803 e. The summed E-state index contributed by atoms with van der Waals surface area (Å²) < 4.78 is 0. The Kier molecular flexibility index (Phi) is 6.57. The van der Waals surface area contributed by atoms with Gasteiger partial charge in [0.2, 0.25) is 0 Å². The molecule has 0 aliphatic heterocycles. The van der Waals surface area contributed by atoms with Crippen molar-refractivity contribution in [1.29, 1.82) is 0 Å². The summed E-state index contributed by atoms with van der Waals surface area (Å²) in [7, 11) is 0. The minimum atomic E-state index is 0.458. The van der Waals surface area contributed by atoms with Crippen molar-refractivity contribution in [2.24, 2.45) is 0 Å². The Morgan fingerprint density at radius 3 is 1.89 bits per heavy atom. The van der Waals surface area contributed by atoms with Crippen LogP contribution in [0.15, 0.2) is 24.3 Å². The predicted molar refractivity (Wildman–Crippen MR) is 85.8 cm³/mol. The molecule has 1 aliphatic rings. The van der Waals surface area contributed by atoms with E-state index in [0.717, 1.165) is 0 Å². The Morgan fingerprint density at radius 1 is 1.00 bits per heavy atom. The monoisotopic (exact) mass is 261 g/mol. The molecule has 1 aromatic rings. The molecule has 1 fully saturated rings. The summed E-state index contributed by atoms with van der Waals surface area (Å²) >= 11 is 0. The molecule has 0 saturated heterocycles. The van der Waals surface area contributed by atoms with E-state index in [1.165, 1.54) is 44.5 Å². The van der Waals surface area contributed by atoms with Gasteiger partial charge in [-0.05, 0) is 38.4 Å². The van der Waals surface area contributed by atoms with Crippen LogP contribution in [0.4, 0.5) is 0 Å². The lowest BCUT2D eigenvalue weighted by atomic mass is 9.64. The van der Waals surface area contributed by atoms with E-state index in [4.69, 9.17) is 0 Å². The summed E-state index contributed by atoms with van der Waals surface area (Å²) in [4.78, 5) is 2.57. The van der Waals surface area contributed by atoms with Crippen molar-refractivity contribution in [2.45, 2.75) is 59.3 Å². The molecule has 1 aromatic carbocycles. The van der Waals surface area contributed by atoms with Gasteiger partial charge in [-0.3, -0.25) is 0 Å². The fourth-order valence-corrected chi connectivity index (χ4v) is 2.92. The number of benzene rings is 1. The molecule has 1 heteroatoms. The van der Waals surface area contributed by atoms with Gasteiger partial charge in [0, 0.05) is 12.0 Å². The second-order valence-corrected chi connectivity index (χ2v) is 5.46. The van der Waals surface area contributed by atoms with Crippen molar-refractivity contribution in [3.05, 3.63) is 35.4 Å². The second kappa shape index (κ2) is 7.69. The van der Waals surface area contributed by atoms with Crippen molar-refractivity contribution in [3.63, 3.8) is 0 Å². The zero-order valence-electron chi connectivity index (χ0n) is 13.5. The Labute approximate surface area is 120 Å². The number of nitrogens with zero attached hydrogens (tertiary/aromatic N) is 1. The van der Waals surface area contributed by atoms with Crippen molar-refractivity contribution in [2.75, 3.05) is 19.6 Å². The van der Waals surface area contributed by atoms with E-state index in [-0.39, 0.29) is 0 Å². The third kappa shape index (κ3) is 3.82. The van der Waals surface area contributed by atoms with Gasteiger partial charge >= 0.3 is 0 Å². The maximum atomic E-state index is 2.57. The highest BCUT2D eigenvalue weighted by atomic mass is 15.1. The predicted octanol–water partition coefficient (Wildman–Crippen LogP) is 4.78. The van der Waals surface area contributed by atoms with Gasteiger partial charge < -0.3 is 4.90 Å². The molecule has 1 nitrogen and oxygen atoms in total. The lowest BCUT2D eigenvalue weighted by molar-refractivity contribution is 0.148. The standard InChI is InChI=1S/C16H25N.C2H6/c1-4-17(5-2)13-16(11-6-12-16)15-9-7-14(3)8-10-15;1-2/h7-10H,4-6,11-13H2,1-3H3;1-2H3. The number of hydrogen-bond donors (Lipinski definition) is 0. The van der Waals surface area contributed by atoms with E-state index in [9.17, 15) is 0 Å². The van der Waals surface area contributed by atoms with Gasteiger partial charge in [-0.15, -0.1) is 0 Å². The quantitative estimate of drug-likeness (QED) is 0.737. The van der Waals surface area contributed by atoms with Crippen LogP contribution in [-0.4, -0.2) is 24.5 Å². The average molecular weight is 261 g/mol. The maximum absolute atomic E-state index is 2.57. The van der Waals surface area contributed by atoms with E-state index in [2.05, 4.69) is 49.9 Å². The van der Waals surface area contributed by atoms with Gasteiger partial charge in [0.25, 0.3) is 0 Å². The third-order valence-electron chi connectivity index (χ3n) is 4.40. The van der Waals surface area contributed by atoms with Gasteiger partial charge in [-0.25, -0.2) is 0 Å². The molecule has 0 spiro atoms. The zero-order chi connectivity index (χ0) is 14.3. The number of rotatable bonds is 5. The first-order chi connectivity index (χ1) is 9.20. The molecule has 0 amide bonds. The lowest BCUT2D eigenvalue weighted by Gasteiger charge is -2.45. The first-order valence-corrected chi connectivity index (χ1v) is 7.99. The highest BCUT2D eigenvalue weighted by molar-refractivity contribution is 5.31. The topological polar surface area (TPSA) is 3.24 Å². The minimum absolute atomic E-state index is 0.458. The van der Waals surface area contributed by atoms with Gasteiger partial charge in [0.1, 0.15) is 0 Å². The lowest BCUT2D eigenvalue weighted by Crippen LogP contribution is -2.45. The van der Waals surface area contributed by atoms with Crippen LogP contribution >= 0.6 is 0 Å². The molecular weight excluding hydrogens is 230 g/mol. The Hall–Kier alpha value is -0.820. The van der Waals surface area contributed by atoms with Crippen LogP contribution < -0.4 is 0 Å². The van der Waals surface area contributed by atoms with Gasteiger partial charge in [-0.2, -0.15) is 0 Å². The third-order valence-corrected chi connectivity index (χ3v) is 4.40. The van der Waals surface area contributed by atoms with Crippen molar-refractivity contribution in [3.8, 4) is 0 Å². The summed E-state index contributed by atoms with van der Waals surface area (Å²) in [5, 5.41) is 0. The van der Waals surface area contributed by atoms with E-state index in [1.54, 1.807) is 5.56 Å². The van der Waals surface area contributed by atoms with E-state index in [1.807, 2.05) is 13.8 Å². The fraction of sp³-hybridized carbons (Fsp3) is 0.667. The Bertz CT molecular complexity index is 344.